The highest BCUT2D eigenvalue weighted by Gasteiger charge is 2.32. The first-order chi connectivity index (χ1) is 7.50. The predicted molar refractivity (Wildman–Crippen MR) is 66.5 cm³/mol. The van der Waals surface area contributed by atoms with Crippen molar-refractivity contribution in [2.75, 3.05) is 20.1 Å². The minimum atomic E-state index is -3.22. The van der Waals surface area contributed by atoms with Crippen molar-refractivity contribution in [2.24, 2.45) is 0 Å². The number of hydrogen-bond acceptors (Lipinski definition) is 2. The van der Waals surface area contributed by atoms with Crippen molar-refractivity contribution >= 4 is 10.2 Å². The third-order valence-corrected chi connectivity index (χ3v) is 5.36. The summed E-state index contributed by atoms with van der Waals surface area (Å²) in [5.41, 5.74) is 0. The quantitative estimate of drug-likeness (QED) is 0.745. The molecule has 0 radical (unpaired) electrons. The van der Waals surface area contributed by atoms with Gasteiger partial charge in [-0.2, -0.15) is 17.0 Å². The third-order valence-electron chi connectivity index (χ3n) is 3.26. The summed E-state index contributed by atoms with van der Waals surface area (Å²) in [5.74, 6) is 0. The van der Waals surface area contributed by atoms with Crippen LogP contribution in [0.25, 0.3) is 0 Å². The minimum Gasteiger partial charge on any atom is -0.195 e. The van der Waals surface area contributed by atoms with E-state index in [1.807, 2.05) is 6.92 Å². The molecule has 0 saturated carbocycles. The van der Waals surface area contributed by atoms with Crippen LogP contribution in [0, 0.1) is 0 Å². The van der Waals surface area contributed by atoms with Crippen molar-refractivity contribution < 1.29 is 8.42 Å². The first-order valence-electron chi connectivity index (χ1n) is 6.23. The largest absolute Gasteiger partial charge is 0.281 e. The third kappa shape index (κ3) is 3.18. The van der Waals surface area contributed by atoms with Gasteiger partial charge in [-0.1, -0.05) is 19.8 Å². The fraction of sp³-hybridized carbons (Fsp3) is 1.00. The first kappa shape index (κ1) is 13.9. The van der Waals surface area contributed by atoms with Gasteiger partial charge in [0.2, 0.25) is 0 Å². The van der Waals surface area contributed by atoms with Gasteiger partial charge in [0.25, 0.3) is 10.2 Å². The lowest BCUT2D eigenvalue weighted by Crippen LogP contribution is -2.48. The molecule has 0 aliphatic carbocycles. The maximum absolute atomic E-state index is 12.3. The molecule has 0 aromatic rings. The molecule has 1 atom stereocenters. The van der Waals surface area contributed by atoms with Crippen molar-refractivity contribution in [3.05, 3.63) is 0 Å². The number of nitrogens with zero attached hydrogens (tertiary/aromatic N) is 2. The van der Waals surface area contributed by atoms with Crippen LogP contribution in [-0.2, 0) is 10.2 Å². The summed E-state index contributed by atoms with van der Waals surface area (Å²) in [5, 5.41) is 0. The van der Waals surface area contributed by atoms with Gasteiger partial charge in [-0.25, -0.2) is 0 Å². The van der Waals surface area contributed by atoms with Gasteiger partial charge in [0, 0.05) is 26.2 Å². The Morgan fingerprint density at radius 1 is 1.38 bits per heavy atom. The highest BCUT2D eigenvalue weighted by Crippen LogP contribution is 2.21. The lowest BCUT2D eigenvalue weighted by Gasteiger charge is -2.35. The van der Waals surface area contributed by atoms with E-state index in [0.717, 1.165) is 32.1 Å². The summed E-state index contributed by atoms with van der Waals surface area (Å²) in [6, 6.07) is 0.155. The molecule has 0 bridgehead atoms. The predicted octanol–water partition coefficient (Wildman–Crippen LogP) is 1.84. The van der Waals surface area contributed by atoms with Gasteiger partial charge in [-0.3, -0.25) is 0 Å². The highest BCUT2D eigenvalue weighted by atomic mass is 32.2. The molecule has 1 heterocycles. The second-order valence-electron chi connectivity index (χ2n) is 4.64. The van der Waals surface area contributed by atoms with Crippen LogP contribution >= 0.6 is 0 Å². The van der Waals surface area contributed by atoms with Gasteiger partial charge in [0.1, 0.15) is 0 Å². The zero-order valence-electron chi connectivity index (χ0n) is 10.6. The molecular formula is C11H24N2O2S. The van der Waals surface area contributed by atoms with E-state index in [1.165, 1.54) is 4.31 Å². The normalized spacial score (nSPS) is 23.9. The van der Waals surface area contributed by atoms with E-state index in [4.69, 9.17) is 0 Å². The maximum atomic E-state index is 12.3. The highest BCUT2D eigenvalue weighted by molar-refractivity contribution is 7.86. The van der Waals surface area contributed by atoms with Crippen LogP contribution in [0.2, 0.25) is 0 Å². The summed E-state index contributed by atoms with van der Waals surface area (Å²) < 4.78 is 27.7. The van der Waals surface area contributed by atoms with Gasteiger partial charge in [-0.15, -0.1) is 0 Å². The Labute approximate surface area is 99.8 Å². The van der Waals surface area contributed by atoms with Crippen molar-refractivity contribution in [2.45, 2.75) is 52.0 Å². The standard InChI is InChI=1S/C11H24N2O2S/c1-4-5-9-12(3)16(14,15)13-10-7-6-8-11(13)2/h11H,4-10H2,1-3H3. The molecule has 5 heteroatoms. The lowest BCUT2D eigenvalue weighted by molar-refractivity contribution is 0.250. The second kappa shape index (κ2) is 5.98. The van der Waals surface area contributed by atoms with E-state index >= 15 is 0 Å². The average molecular weight is 248 g/mol. The van der Waals surface area contributed by atoms with Crippen LogP contribution < -0.4 is 0 Å². The van der Waals surface area contributed by atoms with Crippen molar-refractivity contribution in [1.82, 2.24) is 8.61 Å². The van der Waals surface area contributed by atoms with E-state index in [1.54, 1.807) is 11.4 Å². The van der Waals surface area contributed by atoms with Crippen LogP contribution in [-0.4, -0.2) is 43.2 Å². The zero-order chi connectivity index (χ0) is 12.2. The van der Waals surface area contributed by atoms with Gasteiger partial charge in [0.05, 0.1) is 0 Å². The molecule has 0 aromatic heterocycles. The number of piperidine rings is 1. The van der Waals surface area contributed by atoms with Crippen LogP contribution in [0.4, 0.5) is 0 Å². The Kier molecular flexibility index (Phi) is 5.21. The molecule has 1 aliphatic heterocycles. The monoisotopic (exact) mass is 248 g/mol. The minimum absolute atomic E-state index is 0.155. The summed E-state index contributed by atoms with van der Waals surface area (Å²) in [6.45, 7) is 5.39. The van der Waals surface area contributed by atoms with E-state index in [0.29, 0.717) is 13.1 Å². The van der Waals surface area contributed by atoms with E-state index in [2.05, 4.69) is 6.92 Å². The van der Waals surface area contributed by atoms with Crippen LogP contribution in [0.15, 0.2) is 0 Å². The molecule has 1 saturated heterocycles. The summed E-state index contributed by atoms with van der Waals surface area (Å²) in [7, 11) is -1.53. The smallest absolute Gasteiger partial charge is 0.195 e. The molecule has 96 valence electrons. The Morgan fingerprint density at radius 2 is 2.06 bits per heavy atom. The second-order valence-corrected chi connectivity index (χ2v) is 6.63. The van der Waals surface area contributed by atoms with Gasteiger partial charge in [-0.05, 0) is 26.2 Å². The van der Waals surface area contributed by atoms with E-state index < -0.39 is 10.2 Å². The van der Waals surface area contributed by atoms with Gasteiger partial charge < -0.3 is 0 Å². The fourth-order valence-electron chi connectivity index (χ4n) is 2.09. The molecule has 0 N–H and O–H groups in total. The number of hydrogen-bond donors (Lipinski definition) is 0. The van der Waals surface area contributed by atoms with Crippen LogP contribution in [0.5, 0.6) is 0 Å². The molecule has 1 rings (SSSR count). The van der Waals surface area contributed by atoms with Crippen molar-refractivity contribution in [1.29, 1.82) is 0 Å². The average Bonchev–Trinajstić information content (AvgIpc) is 2.26. The molecule has 4 nitrogen and oxygen atoms in total. The molecule has 0 spiro atoms. The van der Waals surface area contributed by atoms with Crippen LogP contribution in [0.1, 0.15) is 46.0 Å². The zero-order valence-corrected chi connectivity index (χ0v) is 11.5. The van der Waals surface area contributed by atoms with Gasteiger partial charge in [0.15, 0.2) is 0 Å². The SMILES string of the molecule is CCCCN(C)S(=O)(=O)N1CCCCC1C. The fourth-order valence-corrected chi connectivity index (χ4v) is 3.73. The Hall–Kier alpha value is -0.130. The summed E-state index contributed by atoms with van der Waals surface area (Å²) >= 11 is 0. The number of unbranched alkanes of at least 4 members (excludes halogenated alkanes) is 1. The van der Waals surface area contributed by atoms with E-state index in [-0.39, 0.29) is 6.04 Å². The molecule has 1 aliphatic rings. The molecule has 0 amide bonds. The lowest BCUT2D eigenvalue weighted by atomic mass is 10.1. The topological polar surface area (TPSA) is 40.6 Å². The Balaban J connectivity index is 2.67. The molecular weight excluding hydrogens is 224 g/mol. The van der Waals surface area contributed by atoms with Crippen molar-refractivity contribution in [3.63, 3.8) is 0 Å². The Bertz CT molecular complexity index is 303. The first-order valence-corrected chi connectivity index (χ1v) is 7.63. The van der Waals surface area contributed by atoms with Crippen molar-refractivity contribution in [3.8, 4) is 0 Å². The summed E-state index contributed by atoms with van der Waals surface area (Å²) in [4.78, 5) is 0. The van der Waals surface area contributed by atoms with Crippen LogP contribution in [0.3, 0.4) is 0 Å². The molecule has 1 fully saturated rings. The molecule has 1 unspecified atom stereocenters. The summed E-state index contributed by atoms with van der Waals surface area (Å²) in [6.07, 6.45) is 5.07. The Morgan fingerprint density at radius 3 is 2.62 bits per heavy atom. The number of rotatable bonds is 5. The molecule has 16 heavy (non-hydrogen) atoms. The maximum Gasteiger partial charge on any atom is 0.281 e. The van der Waals surface area contributed by atoms with E-state index in [9.17, 15) is 8.42 Å². The van der Waals surface area contributed by atoms with Gasteiger partial charge >= 0.3 is 0 Å². The molecule has 0 aromatic carbocycles.